The van der Waals surface area contributed by atoms with Crippen LogP contribution in [0.15, 0.2) is 24.9 Å². The molecular formula is C22H30N4. The number of aryl methyl sites for hydroxylation is 4. The third-order valence-corrected chi connectivity index (χ3v) is 5.20. The van der Waals surface area contributed by atoms with Gasteiger partial charge in [0.25, 0.3) is 0 Å². The number of H-pyrrole nitrogens is 2. The van der Waals surface area contributed by atoms with E-state index in [0.29, 0.717) is 0 Å². The normalized spacial score (nSPS) is 11.2. The fourth-order valence-corrected chi connectivity index (χ4v) is 3.88. The van der Waals surface area contributed by atoms with E-state index in [1.807, 2.05) is 0 Å². The Kier molecular flexibility index (Phi) is 5.50. The van der Waals surface area contributed by atoms with Crippen LogP contribution in [-0.2, 0) is 6.42 Å². The molecule has 0 radical (unpaired) electrons. The highest BCUT2D eigenvalue weighted by Gasteiger charge is 2.19. The summed E-state index contributed by atoms with van der Waals surface area (Å²) in [4.78, 5) is 3.63. The summed E-state index contributed by atoms with van der Waals surface area (Å²) in [6.07, 6.45) is 7.86. The van der Waals surface area contributed by atoms with Crippen LogP contribution < -0.4 is 5.32 Å². The number of benzene rings is 1. The average molecular weight is 351 g/mol. The number of fused-ring (bicyclic) bond motifs is 1. The first-order chi connectivity index (χ1) is 12.6. The number of rotatable bonds is 8. The number of nitrogens with zero attached hydrogens (tertiary/aromatic N) is 1. The van der Waals surface area contributed by atoms with Crippen LogP contribution in [0.5, 0.6) is 0 Å². The Labute approximate surface area is 156 Å². The van der Waals surface area contributed by atoms with Gasteiger partial charge in [0.2, 0.25) is 0 Å². The van der Waals surface area contributed by atoms with Gasteiger partial charge in [0.1, 0.15) is 5.82 Å². The van der Waals surface area contributed by atoms with Gasteiger partial charge in [-0.25, -0.2) is 0 Å². The van der Waals surface area contributed by atoms with Crippen molar-refractivity contribution < 1.29 is 0 Å². The minimum atomic E-state index is 1.04. The molecule has 4 nitrogen and oxygen atoms in total. The van der Waals surface area contributed by atoms with Crippen molar-refractivity contribution >= 4 is 16.7 Å². The highest BCUT2D eigenvalue weighted by molar-refractivity contribution is 6.01. The summed E-state index contributed by atoms with van der Waals surface area (Å²) in [5.41, 5.74) is 8.40. The number of hydrogen-bond donors (Lipinski definition) is 3. The summed E-state index contributed by atoms with van der Waals surface area (Å²) < 4.78 is 0. The van der Waals surface area contributed by atoms with Crippen LogP contribution in [0.3, 0.4) is 0 Å². The summed E-state index contributed by atoms with van der Waals surface area (Å²) in [5, 5.41) is 12.1. The summed E-state index contributed by atoms with van der Waals surface area (Å²) in [6, 6.07) is 4.48. The first kappa shape index (κ1) is 18.3. The minimum absolute atomic E-state index is 1.04. The molecule has 0 atom stereocenters. The molecule has 0 unspecified atom stereocenters. The van der Waals surface area contributed by atoms with Crippen molar-refractivity contribution in [1.82, 2.24) is 15.2 Å². The predicted octanol–water partition coefficient (Wildman–Crippen LogP) is 6.16. The standard InChI is InChI=1S/C22H30N4/c1-6-8-9-10-11-18-17-13-12-14(3)19(20-15(4)25-26-16(20)5)21(17)24-22(18)23-7-2/h7,12-13,23-24H,2,6,8-11H2,1,3-5H3,(H,25,26). The second kappa shape index (κ2) is 7.81. The lowest BCUT2D eigenvalue weighted by atomic mass is 9.94. The lowest BCUT2D eigenvalue weighted by Crippen LogP contribution is -1.93. The molecule has 0 bridgehead atoms. The molecule has 0 aliphatic heterocycles. The number of aromatic amines is 2. The molecule has 0 saturated heterocycles. The van der Waals surface area contributed by atoms with E-state index in [-0.39, 0.29) is 0 Å². The molecule has 4 heteroatoms. The van der Waals surface area contributed by atoms with Crippen molar-refractivity contribution in [3.05, 3.63) is 47.4 Å². The molecule has 3 N–H and O–H groups in total. The minimum Gasteiger partial charge on any atom is -0.349 e. The highest BCUT2D eigenvalue weighted by Crippen LogP contribution is 2.38. The number of hydrogen-bond acceptors (Lipinski definition) is 2. The van der Waals surface area contributed by atoms with Crippen molar-refractivity contribution in [2.24, 2.45) is 0 Å². The van der Waals surface area contributed by atoms with Crippen molar-refractivity contribution in [1.29, 1.82) is 0 Å². The van der Waals surface area contributed by atoms with Crippen LogP contribution in [-0.4, -0.2) is 15.2 Å². The summed E-state index contributed by atoms with van der Waals surface area (Å²) in [5.74, 6) is 1.07. The average Bonchev–Trinajstić information content (AvgIpc) is 3.13. The van der Waals surface area contributed by atoms with E-state index in [1.54, 1.807) is 6.20 Å². The van der Waals surface area contributed by atoms with Gasteiger partial charge in [-0.2, -0.15) is 5.10 Å². The first-order valence-electron chi connectivity index (χ1n) is 9.62. The van der Waals surface area contributed by atoms with Gasteiger partial charge in [-0.05, 0) is 45.4 Å². The Morgan fingerprint density at radius 1 is 1.12 bits per heavy atom. The zero-order valence-electron chi connectivity index (χ0n) is 16.4. The zero-order valence-corrected chi connectivity index (χ0v) is 16.4. The van der Waals surface area contributed by atoms with E-state index in [0.717, 1.165) is 23.6 Å². The predicted molar refractivity (Wildman–Crippen MR) is 112 cm³/mol. The summed E-state index contributed by atoms with van der Waals surface area (Å²) >= 11 is 0. The molecule has 0 saturated carbocycles. The van der Waals surface area contributed by atoms with Crippen LogP contribution in [0.2, 0.25) is 0 Å². The van der Waals surface area contributed by atoms with E-state index in [1.165, 1.54) is 58.8 Å². The van der Waals surface area contributed by atoms with Gasteiger partial charge < -0.3 is 10.3 Å². The molecule has 2 heterocycles. The molecule has 0 spiro atoms. The SMILES string of the molecule is C=CNc1[nH]c2c(-c3c(C)n[nH]c3C)c(C)ccc2c1CCCCCC. The number of aromatic nitrogens is 3. The molecule has 3 rings (SSSR count). The summed E-state index contributed by atoms with van der Waals surface area (Å²) in [7, 11) is 0. The third-order valence-electron chi connectivity index (χ3n) is 5.20. The number of nitrogens with one attached hydrogen (secondary N) is 3. The van der Waals surface area contributed by atoms with E-state index < -0.39 is 0 Å². The maximum absolute atomic E-state index is 4.41. The van der Waals surface area contributed by atoms with E-state index >= 15 is 0 Å². The van der Waals surface area contributed by atoms with Crippen molar-refractivity contribution in [2.45, 2.75) is 59.8 Å². The molecular weight excluding hydrogens is 320 g/mol. The van der Waals surface area contributed by atoms with Gasteiger partial charge in [0, 0.05) is 27.8 Å². The maximum Gasteiger partial charge on any atom is 0.111 e. The van der Waals surface area contributed by atoms with Gasteiger partial charge in [0.15, 0.2) is 0 Å². The highest BCUT2D eigenvalue weighted by atomic mass is 15.1. The van der Waals surface area contributed by atoms with Gasteiger partial charge >= 0.3 is 0 Å². The molecule has 138 valence electrons. The van der Waals surface area contributed by atoms with Crippen molar-refractivity contribution in [3.63, 3.8) is 0 Å². The van der Waals surface area contributed by atoms with Crippen molar-refractivity contribution in [3.8, 4) is 11.1 Å². The van der Waals surface area contributed by atoms with Crippen LogP contribution in [0.25, 0.3) is 22.0 Å². The van der Waals surface area contributed by atoms with Crippen LogP contribution in [0.4, 0.5) is 5.82 Å². The maximum atomic E-state index is 4.41. The van der Waals surface area contributed by atoms with Crippen LogP contribution >= 0.6 is 0 Å². The number of anilines is 1. The van der Waals surface area contributed by atoms with Crippen LogP contribution in [0, 0.1) is 20.8 Å². The monoisotopic (exact) mass is 350 g/mol. The Morgan fingerprint density at radius 2 is 1.92 bits per heavy atom. The van der Waals surface area contributed by atoms with Gasteiger partial charge in [0.05, 0.1) is 11.2 Å². The van der Waals surface area contributed by atoms with E-state index in [4.69, 9.17) is 0 Å². The second-order valence-corrected chi connectivity index (χ2v) is 7.13. The third kappa shape index (κ3) is 3.28. The molecule has 0 fully saturated rings. The Hall–Kier alpha value is -2.49. The molecule has 26 heavy (non-hydrogen) atoms. The Balaban J connectivity index is 2.15. The van der Waals surface area contributed by atoms with Gasteiger partial charge in [-0.3, -0.25) is 5.10 Å². The second-order valence-electron chi connectivity index (χ2n) is 7.13. The fraction of sp³-hybridized carbons (Fsp3) is 0.409. The molecule has 3 aromatic rings. The molecule has 2 aromatic heterocycles. The van der Waals surface area contributed by atoms with Gasteiger partial charge in [-0.15, -0.1) is 0 Å². The number of unbranched alkanes of at least 4 members (excludes halogenated alkanes) is 3. The fourth-order valence-electron chi connectivity index (χ4n) is 3.88. The smallest absolute Gasteiger partial charge is 0.111 e. The molecule has 0 aliphatic rings. The van der Waals surface area contributed by atoms with E-state index in [2.05, 4.69) is 66.9 Å². The lowest BCUT2D eigenvalue weighted by molar-refractivity contribution is 0.668. The largest absolute Gasteiger partial charge is 0.349 e. The quantitative estimate of drug-likeness (QED) is 0.426. The lowest BCUT2D eigenvalue weighted by Gasteiger charge is -2.09. The Bertz CT molecular complexity index is 895. The molecule has 0 amide bonds. The Morgan fingerprint density at radius 3 is 2.58 bits per heavy atom. The molecule has 1 aromatic carbocycles. The molecule has 0 aliphatic carbocycles. The summed E-state index contributed by atoms with van der Waals surface area (Å²) in [6.45, 7) is 12.4. The topological polar surface area (TPSA) is 56.5 Å². The first-order valence-corrected chi connectivity index (χ1v) is 9.62. The van der Waals surface area contributed by atoms with Crippen molar-refractivity contribution in [2.75, 3.05) is 5.32 Å². The van der Waals surface area contributed by atoms with E-state index in [9.17, 15) is 0 Å². The van der Waals surface area contributed by atoms with Crippen LogP contribution in [0.1, 0.15) is 55.1 Å². The zero-order chi connectivity index (χ0) is 18.7. The van der Waals surface area contributed by atoms with Gasteiger partial charge in [-0.1, -0.05) is 44.9 Å².